The van der Waals surface area contributed by atoms with E-state index in [-0.39, 0.29) is 11.4 Å². The van der Waals surface area contributed by atoms with Gasteiger partial charge in [0.15, 0.2) is 5.69 Å². The summed E-state index contributed by atoms with van der Waals surface area (Å²) in [6.45, 7) is 0. The molecule has 1 aromatic heterocycles. The molecule has 0 fully saturated rings. The Hall–Kier alpha value is -4.84. The summed E-state index contributed by atoms with van der Waals surface area (Å²) in [5.41, 5.74) is 2.07. The van der Waals surface area contributed by atoms with E-state index < -0.39 is 10.5 Å². The molecule has 3 aromatic carbocycles. The van der Waals surface area contributed by atoms with Crippen molar-refractivity contribution >= 4 is 17.1 Å². The Morgan fingerprint density at radius 2 is 1.61 bits per heavy atom. The molecule has 0 saturated carbocycles. The van der Waals surface area contributed by atoms with Crippen LogP contribution in [0.15, 0.2) is 93.9 Å². The third-order valence-electron chi connectivity index (χ3n) is 4.51. The summed E-state index contributed by atoms with van der Waals surface area (Å²) >= 11 is 0. The summed E-state index contributed by atoms with van der Waals surface area (Å²) in [5.74, 6) is 0. The Kier molecular flexibility index (Phi) is 5.19. The summed E-state index contributed by atoms with van der Waals surface area (Å²) in [6.07, 6.45) is 0. The highest BCUT2D eigenvalue weighted by molar-refractivity contribution is 5.72. The zero-order valence-electron chi connectivity index (χ0n) is 16.0. The number of non-ortho nitro benzene ring substituents is 1. The van der Waals surface area contributed by atoms with Crippen molar-refractivity contribution in [2.45, 2.75) is 0 Å². The lowest BCUT2D eigenvalue weighted by atomic mass is 10.1. The van der Waals surface area contributed by atoms with E-state index >= 15 is 0 Å². The maximum atomic E-state index is 13.1. The highest BCUT2D eigenvalue weighted by atomic mass is 16.6. The number of azo groups is 1. The molecule has 4 rings (SSSR count). The minimum atomic E-state index is -0.493. The second kappa shape index (κ2) is 8.26. The molecule has 9 heteroatoms. The number of nitrogens with zero attached hydrogens (tertiary/aromatic N) is 5. The van der Waals surface area contributed by atoms with Crippen LogP contribution in [0.5, 0.6) is 0 Å². The van der Waals surface area contributed by atoms with Crippen LogP contribution >= 0.6 is 0 Å². The summed E-state index contributed by atoms with van der Waals surface area (Å²) in [5, 5.41) is 31.2. The molecule has 0 aliphatic heterocycles. The van der Waals surface area contributed by atoms with Crippen molar-refractivity contribution in [1.29, 1.82) is 5.26 Å². The molecule has 0 bridgehead atoms. The first kappa shape index (κ1) is 19.5. The molecule has 1 heterocycles. The number of rotatable bonds is 5. The van der Waals surface area contributed by atoms with Crippen molar-refractivity contribution in [3.63, 3.8) is 0 Å². The molecule has 0 spiro atoms. The van der Waals surface area contributed by atoms with Gasteiger partial charge in [-0.2, -0.15) is 10.4 Å². The number of benzene rings is 3. The highest BCUT2D eigenvalue weighted by Gasteiger charge is 2.18. The topological polar surface area (TPSA) is 129 Å². The number of aromatic nitrogens is 2. The molecule has 0 aliphatic rings. The smallest absolute Gasteiger partial charge is 0.288 e. The van der Waals surface area contributed by atoms with Gasteiger partial charge in [-0.05, 0) is 48.5 Å². The number of hydrogen-bond acceptors (Lipinski definition) is 6. The van der Waals surface area contributed by atoms with Gasteiger partial charge in [0.05, 0.1) is 33.6 Å². The summed E-state index contributed by atoms with van der Waals surface area (Å²) < 4.78 is 1.34. The van der Waals surface area contributed by atoms with Gasteiger partial charge in [0, 0.05) is 17.7 Å². The van der Waals surface area contributed by atoms with Crippen LogP contribution in [0.4, 0.5) is 17.1 Å². The van der Waals surface area contributed by atoms with Crippen molar-refractivity contribution in [1.82, 2.24) is 9.78 Å². The molecule has 0 atom stereocenters. The fourth-order valence-electron chi connectivity index (χ4n) is 2.94. The number of H-pyrrole nitrogens is 1. The Morgan fingerprint density at radius 1 is 0.935 bits per heavy atom. The molecular formula is C22H14N6O3. The van der Waals surface area contributed by atoms with Gasteiger partial charge >= 0.3 is 0 Å². The van der Waals surface area contributed by atoms with Crippen LogP contribution in [0.25, 0.3) is 16.9 Å². The van der Waals surface area contributed by atoms with Crippen LogP contribution < -0.4 is 5.56 Å². The van der Waals surface area contributed by atoms with E-state index in [4.69, 9.17) is 5.26 Å². The normalized spacial score (nSPS) is 10.8. The lowest BCUT2D eigenvalue weighted by Crippen LogP contribution is -2.13. The number of aromatic amines is 1. The van der Waals surface area contributed by atoms with Gasteiger partial charge in [0.25, 0.3) is 11.2 Å². The molecule has 1 N–H and O–H groups in total. The molecular weight excluding hydrogens is 396 g/mol. The summed E-state index contributed by atoms with van der Waals surface area (Å²) in [6, 6.07) is 23.2. The fourth-order valence-corrected chi connectivity index (χ4v) is 2.94. The average Bonchev–Trinajstić information content (AvgIpc) is 3.14. The number of nitro groups is 1. The van der Waals surface area contributed by atoms with Crippen LogP contribution in [0.3, 0.4) is 0 Å². The summed E-state index contributed by atoms with van der Waals surface area (Å²) in [4.78, 5) is 23.5. The van der Waals surface area contributed by atoms with Crippen LogP contribution in [0, 0.1) is 21.4 Å². The zero-order valence-corrected chi connectivity index (χ0v) is 16.0. The minimum absolute atomic E-state index is 0.0575. The van der Waals surface area contributed by atoms with Gasteiger partial charge in [0.1, 0.15) is 0 Å². The lowest BCUT2D eigenvalue weighted by molar-refractivity contribution is -0.384. The van der Waals surface area contributed by atoms with Gasteiger partial charge in [0.2, 0.25) is 0 Å². The summed E-state index contributed by atoms with van der Waals surface area (Å²) in [7, 11) is 0. The first-order valence-corrected chi connectivity index (χ1v) is 9.14. The van der Waals surface area contributed by atoms with E-state index in [0.717, 1.165) is 0 Å². The Morgan fingerprint density at radius 3 is 2.23 bits per heavy atom. The maximum Gasteiger partial charge on any atom is 0.299 e. The highest BCUT2D eigenvalue weighted by Crippen LogP contribution is 2.29. The van der Waals surface area contributed by atoms with Crippen molar-refractivity contribution in [2.24, 2.45) is 10.2 Å². The Bertz CT molecular complexity index is 1360. The van der Waals surface area contributed by atoms with Gasteiger partial charge in [-0.15, -0.1) is 5.11 Å². The molecule has 0 aliphatic carbocycles. The number of nitro benzene ring substituents is 1. The Labute approximate surface area is 175 Å². The second-order valence-corrected chi connectivity index (χ2v) is 6.47. The zero-order chi connectivity index (χ0) is 21.8. The van der Waals surface area contributed by atoms with E-state index in [0.29, 0.717) is 28.2 Å². The Balaban J connectivity index is 1.82. The molecule has 150 valence electrons. The predicted molar refractivity (Wildman–Crippen MR) is 114 cm³/mol. The van der Waals surface area contributed by atoms with E-state index in [1.807, 2.05) is 12.1 Å². The maximum absolute atomic E-state index is 13.1. The molecule has 0 radical (unpaired) electrons. The molecule has 0 unspecified atom stereocenters. The average molecular weight is 410 g/mol. The number of para-hydroxylation sites is 1. The molecule has 9 nitrogen and oxygen atoms in total. The largest absolute Gasteiger partial charge is 0.299 e. The van der Waals surface area contributed by atoms with Crippen molar-refractivity contribution < 1.29 is 4.92 Å². The standard InChI is InChI=1S/C22H14N6O3/c23-14-15-6-10-17(11-7-15)24-25-21-20(16-8-12-19(13-9-16)28(30)31)26-27(22(21)29)18-4-2-1-3-5-18/h1-13,26H. The van der Waals surface area contributed by atoms with Crippen molar-refractivity contribution in [2.75, 3.05) is 0 Å². The lowest BCUT2D eigenvalue weighted by Gasteiger charge is -2.01. The minimum Gasteiger partial charge on any atom is -0.288 e. The number of nitriles is 1. The molecule has 4 aromatic rings. The van der Waals surface area contributed by atoms with E-state index in [2.05, 4.69) is 15.3 Å². The van der Waals surface area contributed by atoms with Crippen molar-refractivity contribution in [3.05, 3.63) is 105 Å². The first-order chi connectivity index (χ1) is 15.1. The van der Waals surface area contributed by atoms with Crippen LogP contribution in [0.2, 0.25) is 0 Å². The van der Waals surface area contributed by atoms with Gasteiger partial charge in [-0.25, -0.2) is 4.68 Å². The first-order valence-electron chi connectivity index (χ1n) is 9.14. The van der Waals surface area contributed by atoms with Crippen molar-refractivity contribution in [3.8, 4) is 23.0 Å². The molecule has 0 amide bonds. The van der Waals surface area contributed by atoms with Crippen LogP contribution in [0.1, 0.15) is 5.56 Å². The third-order valence-corrected chi connectivity index (χ3v) is 4.51. The second-order valence-electron chi connectivity index (χ2n) is 6.47. The van der Waals surface area contributed by atoms with E-state index in [1.54, 1.807) is 60.7 Å². The predicted octanol–water partition coefficient (Wildman–Crippen LogP) is 5.03. The number of hydrogen-bond donors (Lipinski definition) is 1. The van der Waals surface area contributed by atoms with Crippen LogP contribution in [-0.4, -0.2) is 14.7 Å². The number of nitrogens with one attached hydrogen (secondary N) is 1. The third kappa shape index (κ3) is 3.99. The molecule has 31 heavy (non-hydrogen) atoms. The van der Waals surface area contributed by atoms with E-state index in [1.165, 1.54) is 16.8 Å². The monoisotopic (exact) mass is 410 g/mol. The van der Waals surface area contributed by atoms with Gasteiger partial charge in [-0.1, -0.05) is 18.2 Å². The van der Waals surface area contributed by atoms with Crippen LogP contribution in [-0.2, 0) is 0 Å². The molecule has 0 saturated heterocycles. The quantitative estimate of drug-likeness (QED) is 0.281. The SMILES string of the molecule is N#Cc1ccc(N=Nc2c(-c3ccc([N+](=O)[O-])cc3)[nH]n(-c3ccccc3)c2=O)cc1. The fraction of sp³-hybridized carbons (Fsp3) is 0. The van der Waals surface area contributed by atoms with Gasteiger partial charge in [-0.3, -0.25) is 20.0 Å². The van der Waals surface area contributed by atoms with E-state index in [9.17, 15) is 14.9 Å². The van der Waals surface area contributed by atoms with Gasteiger partial charge < -0.3 is 0 Å².